The molecule has 6 rings (SSSR count). The van der Waals surface area contributed by atoms with Gasteiger partial charge in [-0.05, 0) is 45.9 Å². The second-order valence-electron chi connectivity index (χ2n) is 16.5. The average molecular weight is 805 g/mol. The van der Waals surface area contributed by atoms with Crippen LogP contribution in [0.25, 0.3) is 10.8 Å². The molecule has 0 aromatic heterocycles. The molecule has 2 aromatic carbocycles. The van der Waals surface area contributed by atoms with E-state index in [4.69, 9.17) is 28.9 Å². The summed E-state index contributed by atoms with van der Waals surface area (Å²) in [5, 5.41) is 53.2. The van der Waals surface area contributed by atoms with Crippen LogP contribution in [0.1, 0.15) is 77.2 Å². The number of nitrogens with one attached hydrogen (secondary N) is 2. The van der Waals surface area contributed by atoms with E-state index in [1.165, 1.54) is 27.2 Å². The minimum absolute atomic E-state index is 0.0334. The zero-order valence-electron chi connectivity index (χ0n) is 34.6. The smallest absolute Gasteiger partial charge is 0.312 e. The van der Waals surface area contributed by atoms with Gasteiger partial charge in [0.2, 0.25) is 0 Å². The first-order chi connectivity index (χ1) is 27.4. The van der Waals surface area contributed by atoms with Crippen LogP contribution in [0.2, 0.25) is 0 Å². The molecule has 1 spiro atoms. The van der Waals surface area contributed by atoms with E-state index in [1.54, 1.807) is 65.8 Å². The maximum absolute atomic E-state index is 14.7. The van der Waals surface area contributed by atoms with Crippen molar-refractivity contribution in [1.82, 2.24) is 5.32 Å². The average Bonchev–Trinajstić information content (AvgIpc) is 3.46. The van der Waals surface area contributed by atoms with Crippen molar-refractivity contribution in [2.45, 2.75) is 104 Å². The molecule has 4 bridgehead atoms. The van der Waals surface area contributed by atoms with Crippen molar-refractivity contribution >= 4 is 34.1 Å². The fraction of sp³-hybridized carbons (Fsp3) is 0.558. The normalized spacial score (nSPS) is 33.5. The maximum atomic E-state index is 14.7. The number of rotatable bonds is 2. The number of amides is 1. The van der Waals surface area contributed by atoms with Crippen LogP contribution in [0, 0.1) is 30.6 Å². The standard InChI is InChI=1S/C43H56N4O11/c1-20-11-10-12-21(2)41(54)46-33-32-31(47-43(19-45-32)14-16-44-17-15-43)28-29(37(33)52)36(51)25(6)39-30(28)40(53)42(8,58-39)56-18-13-27(55-9)22(3)38(57-26(7)48)24(5)35(50)23(4)34(20)49/h10-13,18,20,22-24,27,34-35,38,44,49-52H,14-17,19H2,1-9H3,(H,46,54)/b11-10+,18-13+,21-12-/t20-,22+,23+,24+,27-,34-,35+,38+,42-/m0/s1. The molecule has 4 aliphatic heterocycles. The van der Waals surface area contributed by atoms with E-state index < -0.39 is 82.8 Å². The van der Waals surface area contributed by atoms with Crippen LogP contribution < -0.4 is 26.1 Å². The zero-order valence-corrected chi connectivity index (χ0v) is 34.6. The Hall–Kier alpha value is -4.83. The Morgan fingerprint density at radius 1 is 0.948 bits per heavy atom. The third kappa shape index (κ3) is 7.60. The van der Waals surface area contributed by atoms with Crippen molar-refractivity contribution in [1.29, 1.82) is 0 Å². The van der Waals surface area contributed by atoms with Gasteiger partial charge in [0, 0.05) is 61.2 Å². The fourth-order valence-corrected chi connectivity index (χ4v) is 8.63. The predicted octanol–water partition coefficient (Wildman–Crippen LogP) is 3.42. The van der Waals surface area contributed by atoms with Gasteiger partial charge in [-0.1, -0.05) is 45.9 Å². The third-order valence-electron chi connectivity index (χ3n) is 12.4. The number of Topliss-reactive ketones (excluding diaryl/α,β-unsaturated/α-hetero) is 1. The number of phenols is 2. The Balaban J connectivity index is 1.56. The van der Waals surface area contributed by atoms with Crippen LogP contribution in [0.3, 0.4) is 0 Å². The van der Waals surface area contributed by atoms with Gasteiger partial charge in [0.1, 0.15) is 28.6 Å². The predicted molar refractivity (Wildman–Crippen MR) is 214 cm³/mol. The van der Waals surface area contributed by atoms with Crippen molar-refractivity contribution in [3.8, 4) is 17.2 Å². The summed E-state index contributed by atoms with van der Waals surface area (Å²) in [7, 11) is 1.46. The van der Waals surface area contributed by atoms with Crippen LogP contribution >= 0.6 is 0 Å². The van der Waals surface area contributed by atoms with E-state index in [0.29, 0.717) is 25.9 Å². The van der Waals surface area contributed by atoms with Gasteiger partial charge in [0.05, 0.1) is 53.0 Å². The largest absolute Gasteiger partial charge is 0.507 e. The number of benzene rings is 2. The first-order valence-electron chi connectivity index (χ1n) is 19.9. The molecule has 2 aromatic rings. The molecule has 0 aliphatic carbocycles. The number of anilines is 1. The maximum Gasteiger partial charge on any atom is 0.312 e. The number of phenolic OH excluding ortho intramolecular Hbond substituents is 2. The molecule has 314 valence electrons. The van der Waals surface area contributed by atoms with Crippen LogP contribution in [0.4, 0.5) is 5.69 Å². The third-order valence-corrected chi connectivity index (χ3v) is 12.4. The molecule has 6 N–H and O–H groups in total. The number of hydrogen-bond donors (Lipinski definition) is 6. The lowest BCUT2D eigenvalue weighted by atomic mass is 9.78. The molecular formula is C43H56N4O11. The Kier molecular flexibility index (Phi) is 12.1. The van der Waals surface area contributed by atoms with Crippen molar-refractivity contribution in [2.75, 3.05) is 32.1 Å². The molecule has 4 heterocycles. The summed E-state index contributed by atoms with van der Waals surface area (Å²) in [5.41, 5.74) is -0.267. The second-order valence-corrected chi connectivity index (χ2v) is 16.5. The number of ether oxygens (including phenoxy) is 4. The number of carbonyl (C=O) groups is 3. The summed E-state index contributed by atoms with van der Waals surface area (Å²) in [4.78, 5) is 50.9. The molecule has 1 saturated heterocycles. The Labute approximate surface area is 337 Å². The number of nitrogens with zero attached hydrogens (tertiary/aromatic N) is 2. The van der Waals surface area contributed by atoms with Crippen LogP contribution in [-0.2, 0) is 23.8 Å². The van der Waals surface area contributed by atoms with Crippen molar-refractivity contribution < 1.29 is 53.8 Å². The molecule has 1 fully saturated rings. The summed E-state index contributed by atoms with van der Waals surface area (Å²) in [6, 6.07) is 0. The SMILES string of the molecule is CO[C@H]1/C=C/O[C@@]2(C)Oc3c(C)c(O)c4c(O)c(c5c(c4c3C2=O)=NC2(CCNCC2)CN=5)NC(=O)/C(C)=C\C=C\[C@H](C)[C@H](O)[C@@H](C)[C@@H](O)[C@@H](C)[C@H](OC(C)=O)[C@@H]1C. The highest BCUT2D eigenvalue weighted by atomic mass is 16.7. The number of carbonyl (C=O) groups excluding carboxylic acids is 3. The number of piperidine rings is 1. The summed E-state index contributed by atoms with van der Waals surface area (Å²) in [5.74, 6) is -6.91. The molecule has 0 unspecified atom stereocenters. The summed E-state index contributed by atoms with van der Waals surface area (Å²) < 4.78 is 23.9. The minimum atomic E-state index is -1.95. The number of fused-ring (bicyclic) bond motifs is 1. The van der Waals surface area contributed by atoms with Crippen LogP contribution in [0.5, 0.6) is 17.2 Å². The molecule has 0 radical (unpaired) electrons. The molecule has 58 heavy (non-hydrogen) atoms. The molecule has 4 aliphatic rings. The van der Waals surface area contributed by atoms with Gasteiger partial charge < -0.3 is 50.0 Å². The Bertz CT molecular complexity index is 2210. The highest BCUT2D eigenvalue weighted by Crippen LogP contribution is 2.49. The monoisotopic (exact) mass is 804 g/mol. The fourth-order valence-electron chi connectivity index (χ4n) is 8.63. The van der Waals surface area contributed by atoms with E-state index >= 15 is 0 Å². The summed E-state index contributed by atoms with van der Waals surface area (Å²) >= 11 is 0. The molecule has 15 nitrogen and oxygen atoms in total. The minimum Gasteiger partial charge on any atom is -0.507 e. The Morgan fingerprint density at radius 3 is 2.29 bits per heavy atom. The highest BCUT2D eigenvalue weighted by molar-refractivity contribution is 6.19. The lowest BCUT2D eigenvalue weighted by molar-refractivity contribution is -0.160. The number of aliphatic hydroxyl groups is 2. The molecular weight excluding hydrogens is 748 g/mol. The van der Waals surface area contributed by atoms with Crippen molar-refractivity contribution in [3.63, 3.8) is 0 Å². The quantitative estimate of drug-likeness (QED) is 0.190. The lowest BCUT2D eigenvalue weighted by Gasteiger charge is -2.38. The summed E-state index contributed by atoms with van der Waals surface area (Å²) in [6.45, 7) is 14.5. The van der Waals surface area contributed by atoms with E-state index in [1.807, 2.05) is 0 Å². The van der Waals surface area contributed by atoms with E-state index in [-0.39, 0.29) is 61.9 Å². The van der Waals surface area contributed by atoms with Crippen molar-refractivity contribution in [3.05, 3.63) is 58.0 Å². The number of allylic oxidation sites excluding steroid dienone is 2. The van der Waals surface area contributed by atoms with Crippen molar-refractivity contribution in [2.24, 2.45) is 33.7 Å². The number of hydrogen-bond acceptors (Lipinski definition) is 14. The van der Waals surface area contributed by atoms with Gasteiger partial charge >= 0.3 is 11.8 Å². The second kappa shape index (κ2) is 16.4. The first kappa shape index (κ1) is 42.8. The van der Waals surface area contributed by atoms with E-state index in [0.717, 1.165) is 0 Å². The van der Waals surface area contributed by atoms with Gasteiger partial charge in [-0.2, -0.15) is 0 Å². The van der Waals surface area contributed by atoms with Gasteiger partial charge in [0.15, 0.2) is 5.75 Å². The van der Waals surface area contributed by atoms with E-state index in [9.17, 15) is 34.8 Å². The van der Waals surface area contributed by atoms with Gasteiger partial charge in [0.25, 0.3) is 11.7 Å². The van der Waals surface area contributed by atoms with Crippen LogP contribution in [-0.4, -0.2) is 101 Å². The van der Waals surface area contributed by atoms with Crippen LogP contribution in [0.15, 0.2) is 46.1 Å². The number of esters is 1. The zero-order chi connectivity index (χ0) is 42.4. The number of aliphatic hydroxyl groups excluding tert-OH is 2. The van der Waals surface area contributed by atoms with Gasteiger partial charge in [-0.15, -0.1) is 0 Å². The Morgan fingerprint density at radius 2 is 1.64 bits per heavy atom. The summed E-state index contributed by atoms with van der Waals surface area (Å²) in [6.07, 6.45) is 5.22. The topological polar surface area (TPSA) is 218 Å². The molecule has 15 heteroatoms. The first-order valence-corrected chi connectivity index (χ1v) is 19.9. The van der Waals surface area contributed by atoms with Gasteiger partial charge in [-0.25, -0.2) is 0 Å². The highest BCUT2D eigenvalue weighted by Gasteiger charge is 2.50. The molecule has 9 atom stereocenters. The molecule has 1 amide bonds. The van der Waals surface area contributed by atoms with E-state index in [2.05, 4.69) is 10.6 Å². The number of methoxy groups -OCH3 is 1. The lowest BCUT2D eigenvalue weighted by Crippen LogP contribution is -2.49. The number of aromatic hydroxyl groups is 2. The molecule has 0 saturated carbocycles. The number of ketones is 1. The van der Waals surface area contributed by atoms with Gasteiger partial charge in [-0.3, -0.25) is 24.4 Å².